The average molecular weight is 545 g/mol. The number of rotatable bonds is 8. The first-order valence-corrected chi connectivity index (χ1v) is 14.0. The average Bonchev–Trinajstić information content (AvgIpc) is 3.41. The normalized spacial score (nSPS) is 18.0. The number of H-pyrrole nitrogens is 1. The summed E-state index contributed by atoms with van der Waals surface area (Å²) >= 11 is 0. The molecule has 0 saturated carbocycles. The lowest BCUT2D eigenvalue weighted by Gasteiger charge is -2.30. The van der Waals surface area contributed by atoms with Crippen LogP contribution >= 0.6 is 0 Å². The van der Waals surface area contributed by atoms with Gasteiger partial charge in [-0.15, -0.1) is 0 Å². The highest BCUT2D eigenvalue weighted by atomic mass is 32.2. The summed E-state index contributed by atoms with van der Waals surface area (Å²) in [5.74, 6) is -2.07. The predicted octanol–water partition coefficient (Wildman–Crippen LogP) is 3.82. The van der Waals surface area contributed by atoms with Gasteiger partial charge in [-0.2, -0.15) is 9.40 Å². The molecule has 0 spiro atoms. The molecule has 0 unspecified atom stereocenters. The lowest BCUT2D eigenvalue weighted by Crippen LogP contribution is -2.40. The molecule has 2 aliphatic rings. The zero-order valence-corrected chi connectivity index (χ0v) is 22.1. The molecule has 8 nitrogen and oxygen atoms in total. The number of benzene rings is 2. The van der Waals surface area contributed by atoms with Crippen LogP contribution in [0.4, 0.5) is 8.78 Å². The molecule has 0 aliphatic carbocycles. The number of ketones is 1. The number of Topliss-reactive ketones (excluding diaryl/α,β-unsaturated/α-hetero) is 1. The minimum absolute atomic E-state index is 0.00910. The number of hydrogen-bond acceptors (Lipinski definition) is 6. The summed E-state index contributed by atoms with van der Waals surface area (Å²) in [7, 11) is -4.25. The number of hydrogen-bond donors (Lipinski definition) is 2. The van der Waals surface area contributed by atoms with E-state index >= 15 is 0 Å². The van der Waals surface area contributed by atoms with Gasteiger partial charge in [-0.05, 0) is 44.4 Å². The summed E-state index contributed by atoms with van der Waals surface area (Å²) in [5.41, 5.74) is 1.98. The number of carbonyl (C=O) groups excluding carboxylic acids is 1. The topological polar surface area (TPSA) is 104 Å². The molecule has 5 rings (SSSR count). The van der Waals surface area contributed by atoms with Gasteiger partial charge in [0, 0.05) is 55.2 Å². The Morgan fingerprint density at radius 2 is 1.84 bits per heavy atom. The first-order chi connectivity index (χ1) is 18.1. The van der Waals surface area contributed by atoms with Gasteiger partial charge in [0.25, 0.3) is 0 Å². The van der Waals surface area contributed by atoms with Gasteiger partial charge in [0.15, 0.2) is 5.78 Å². The fourth-order valence-electron chi connectivity index (χ4n) is 5.23. The molecule has 1 aromatic heterocycles. The van der Waals surface area contributed by atoms with Gasteiger partial charge in [-0.25, -0.2) is 17.2 Å². The number of nitrogens with zero attached hydrogens (tertiary/aromatic N) is 2. The molecule has 1 fully saturated rings. The van der Waals surface area contributed by atoms with Gasteiger partial charge < -0.3 is 10.1 Å². The standard InChI is InChI=1S/C27H30F2N4O4S/c1-27(2)26-23(16-33(27)38(35,36)21-12-18(28)11-19(29)13-21)24(31-32-26)14-25(34)22-6-4-3-5-17(22)15-30-20-7-9-37-10-8-20/h3-6,11-13,20,30H,7-10,14-16H2,1-2H3,(H,31,32). The van der Waals surface area contributed by atoms with Crippen LogP contribution < -0.4 is 5.32 Å². The molecule has 0 bridgehead atoms. The number of fused-ring (bicyclic) bond motifs is 1. The molecule has 202 valence electrons. The minimum Gasteiger partial charge on any atom is -0.381 e. The van der Waals surface area contributed by atoms with Crippen molar-refractivity contribution in [3.8, 4) is 0 Å². The summed E-state index contributed by atoms with van der Waals surface area (Å²) in [4.78, 5) is 12.9. The summed E-state index contributed by atoms with van der Waals surface area (Å²) in [6.45, 7) is 5.28. The third-order valence-electron chi connectivity index (χ3n) is 7.34. The van der Waals surface area contributed by atoms with Crippen LogP contribution in [0.15, 0.2) is 47.4 Å². The highest BCUT2D eigenvalue weighted by molar-refractivity contribution is 7.89. The first kappa shape index (κ1) is 26.6. The van der Waals surface area contributed by atoms with Crippen molar-refractivity contribution in [1.29, 1.82) is 0 Å². The Bertz CT molecular complexity index is 1450. The lowest BCUT2D eigenvalue weighted by atomic mass is 9.97. The third kappa shape index (κ3) is 5.03. The third-order valence-corrected chi connectivity index (χ3v) is 9.34. The van der Waals surface area contributed by atoms with Crippen LogP contribution in [-0.4, -0.2) is 48.0 Å². The molecule has 2 aliphatic heterocycles. The van der Waals surface area contributed by atoms with E-state index in [0.29, 0.717) is 41.2 Å². The second-order valence-corrected chi connectivity index (χ2v) is 12.1. The number of ether oxygens (including phenoxy) is 1. The van der Waals surface area contributed by atoms with Crippen molar-refractivity contribution in [3.63, 3.8) is 0 Å². The largest absolute Gasteiger partial charge is 0.381 e. The molecule has 3 heterocycles. The van der Waals surface area contributed by atoms with E-state index in [4.69, 9.17) is 4.74 Å². The van der Waals surface area contributed by atoms with Crippen LogP contribution in [0.3, 0.4) is 0 Å². The van der Waals surface area contributed by atoms with E-state index in [1.807, 2.05) is 18.2 Å². The van der Waals surface area contributed by atoms with Crippen molar-refractivity contribution in [2.24, 2.45) is 0 Å². The fraction of sp³-hybridized carbons (Fsp3) is 0.407. The SMILES string of the molecule is CC1(C)c2n[nH]c(CC(=O)c3ccccc3CNC3CCOCC3)c2CN1S(=O)(=O)c1cc(F)cc(F)c1. The Kier molecular flexibility index (Phi) is 7.21. The summed E-state index contributed by atoms with van der Waals surface area (Å²) in [6, 6.07) is 9.99. The van der Waals surface area contributed by atoms with Crippen molar-refractivity contribution >= 4 is 15.8 Å². The quantitative estimate of drug-likeness (QED) is 0.418. The number of aromatic nitrogens is 2. The van der Waals surface area contributed by atoms with E-state index in [-0.39, 0.29) is 18.7 Å². The fourth-order valence-corrected chi connectivity index (χ4v) is 7.00. The van der Waals surface area contributed by atoms with Crippen LogP contribution in [0.25, 0.3) is 0 Å². The second-order valence-electron chi connectivity index (χ2n) is 10.2. The van der Waals surface area contributed by atoms with E-state index < -0.39 is 32.1 Å². The van der Waals surface area contributed by atoms with Crippen LogP contribution in [0, 0.1) is 11.6 Å². The van der Waals surface area contributed by atoms with E-state index in [1.165, 1.54) is 4.31 Å². The molecular formula is C27H30F2N4O4S. The molecule has 0 amide bonds. The highest BCUT2D eigenvalue weighted by Crippen LogP contribution is 2.42. The molecule has 3 aromatic rings. The van der Waals surface area contributed by atoms with Crippen molar-refractivity contribution in [3.05, 3.63) is 82.2 Å². The molecule has 2 N–H and O–H groups in total. The van der Waals surface area contributed by atoms with Crippen LogP contribution in [0.1, 0.15) is 59.6 Å². The van der Waals surface area contributed by atoms with Gasteiger partial charge in [0.1, 0.15) is 11.6 Å². The molecule has 2 aromatic carbocycles. The van der Waals surface area contributed by atoms with Crippen molar-refractivity contribution < 1.29 is 26.7 Å². The number of sulfonamides is 1. The maximum absolute atomic E-state index is 13.8. The Hall–Kier alpha value is -2.99. The Labute approximate surface area is 220 Å². The maximum atomic E-state index is 13.8. The zero-order valence-electron chi connectivity index (χ0n) is 21.3. The van der Waals surface area contributed by atoms with Gasteiger partial charge in [-0.3, -0.25) is 9.89 Å². The number of nitrogens with one attached hydrogen (secondary N) is 2. The van der Waals surface area contributed by atoms with Gasteiger partial charge >= 0.3 is 0 Å². The molecule has 11 heteroatoms. The number of aromatic amines is 1. The smallest absolute Gasteiger partial charge is 0.244 e. The molecule has 38 heavy (non-hydrogen) atoms. The first-order valence-electron chi connectivity index (χ1n) is 12.5. The zero-order chi connectivity index (χ0) is 27.1. The van der Waals surface area contributed by atoms with E-state index in [0.717, 1.165) is 43.8 Å². The second kappa shape index (κ2) is 10.3. The molecular weight excluding hydrogens is 514 g/mol. The van der Waals surface area contributed by atoms with Crippen LogP contribution in [0.2, 0.25) is 0 Å². The maximum Gasteiger partial charge on any atom is 0.244 e. The van der Waals surface area contributed by atoms with E-state index in [9.17, 15) is 22.0 Å². The molecule has 1 saturated heterocycles. The Morgan fingerprint density at radius 1 is 1.16 bits per heavy atom. The van der Waals surface area contributed by atoms with E-state index in [2.05, 4.69) is 15.5 Å². The van der Waals surface area contributed by atoms with Crippen molar-refractivity contribution in [2.45, 2.75) is 62.7 Å². The number of carbonyl (C=O) groups is 1. The highest BCUT2D eigenvalue weighted by Gasteiger charge is 2.48. The Balaban J connectivity index is 1.36. The summed E-state index contributed by atoms with van der Waals surface area (Å²) in [5, 5.41) is 10.8. The minimum atomic E-state index is -4.25. The monoisotopic (exact) mass is 544 g/mol. The molecule has 0 atom stereocenters. The van der Waals surface area contributed by atoms with Gasteiger partial charge in [0.2, 0.25) is 10.0 Å². The Morgan fingerprint density at radius 3 is 2.55 bits per heavy atom. The lowest BCUT2D eigenvalue weighted by molar-refractivity contribution is 0.0775. The van der Waals surface area contributed by atoms with Crippen molar-refractivity contribution in [2.75, 3.05) is 13.2 Å². The van der Waals surface area contributed by atoms with Crippen LogP contribution in [0.5, 0.6) is 0 Å². The van der Waals surface area contributed by atoms with Crippen molar-refractivity contribution in [1.82, 2.24) is 19.8 Å². The molecule has 0 radical (unpaired) electrons. The number of halogens is 2. The van der Waals surface area contributed by atoms with E-state index in [1.54, 1.807) is 19.9 Å². The van der Waals surface area contributed by atoms with Crippen LogP contribution in [-0.2, 0) is 39.8 Å². The summed E-state index contributed by atoms with van der Waals surface area (Å²) in [6.07, 6.45) is 1.86. The van der Waals surface area contributed by atoms with Gasteiger partial charge in [0.05, 0.1) is 22.5 Å². The predicted molar refractivity (Wildman–Crippen MR) is 136 cm³/mol. The summed E-state index contributed by atoms with van der Waals surface area (Å²) < 4.78 is 61.0. The van der Waals surface area contributed by atoms with Gasteiger partial charge in [-0.1, -0.05) is 24.3 Å².